The molecule has 0 saturated heterocycles. The van der Waals surface area contributed by atoms with Gasteiger partial charge < -0.3 is 4.74 Å². The average molecular weight is 367 g/mol. The zero-order valence-electron chi connectivity index (χ0n) is 12.5. The Morgan fingerprint density at radius 2 is 1.82 bits per heavy atom. The summed E-state index contributed by atoms with van der Waals surface area (Å²) in [5, 5.41) is 0. The smallest absolute Gasteiger partial charge is 0.312 e. The van der Waals surface area contributed by atoms with Crippen molar-refractivity contribution in [1.29, 1.82) is 0 Å². The third kappa shape index (κ3) is 2.49. The van der Waals surface area contributed by atoms with Crippen LogP contribution in [0.5, 0.6) is 0 Å². The molecule has 4 fully saturated rings. The van der Waals surface area contributed by atoms with Crippen molar-refractivity contribution in [3.8, 4) is 0 Å². The van der Waals surface area contributed by atoms with Crippen LogP contribution < -0.4 is 0 Å². The van der Waals surface area contributed by atoms with Crippen molar-refractivity contribution in [2.24, 2.45) is 17.3 Å². The highest BCUT2D eigenvalue weighted by Gasteiger charge is 2.60. The van der Waals surface area contributed by atoms with Gasteiger partial charge in [0, 0.05) is 4.32 Å². The maximum absolute atomic E-state index is 12.9. The van der Waals surface area contributed by atoms with E-state index in [2.05, 4.69) is 15.9 Å². The third-order valence-corrected chi connectivity index (χ3v) is 6.63. The molecule has 4 bridgehead atoms. The van der Waals surface area contributed by atoms with Gasteiger partial charge in [0.25, 0.3) is 0 Å². The van der Waals surface area contributed by atoms with E-state index in [0.717, 1.165) is 24.8 Å². The molecule has 0 N–H and O–H groups in total. The molecule has 2 nitrogen and oxygen atoms in total. The largest absolute Gasteiger partial charge is 0.460 e. The van der Waals surface area contributed by atoms with Crippen molar-refractivity contribution in [2.45, 2.75) is 49.5 Å². The first kappa shape index (κ1) is 14.7. The van der Waals surface area contributed by atoms with E-state index in [1.165, 1.54) is 31.4 Å². The second-order valence-corrected chi connectivity index (χ2v) is 9.28. The molecule has 2 unspecified atom stereocenters. The lowest BCUT2D eigenvalue weighted by molar-refractivity contribution is -0.170. The molecule has 4 aliphatic rings. The van der Waals surface area contributed by atoms with Gasteiger partial charge in [-0.05, 0) is 68.1 Å². The molecule has 118 valence electrons. The molecule has 4 saturated carbocycles. The Labute approximate surface area is 138 Å². The lowest BCUT2D eigenvalue weighted by Crippen LogP contribution is -2.56. The molecule has 4 heteroatoms. The van der Waals surface area contributed by atoms with Crippen LogP contribution in [-0.4, -0.2) is 10.3 Å². The summed E-state index contributed by atoms with van der Waals surface area (Å²) in [6, 6.07) is 6.16. The molecular weight excluding hydrogens is 347 g/mol. The zero-order valence-corrected chi connectivity index (χ0v) is 14.1. The molecule has 0 heterocycles. The fourth-order valence-corrected chi connectivity index (χ4v) is 6.72. The summed E-state index contributed by atoms with van der Waals surface area (Å²) in [5.74, 6) is 1.02. The number of esters is 1. The molecule has 1 aromatic carbocycles. The van der Waals surface area contributed by atoms with Gasteiger partial charge >= 0.3 is 5.97 Å². The van der Waals surface area contributed by atoms with Crippen LogP contribution >= 0.6 is 15.9 Å². The quantitative estimate of drug-likeness (QED) is 0.576. The molecule has 0 aliphatic heterocycles. The lowest BCUT2D eigenvalue weighted by Gasteiger charge is -2.58. The zero-order chi connectivity index (χ0) is 15.4. The number of hydrogen-bond donors (Lipinski definition) is 0. The van der Waals surface area contributed by atoms with Crippen LogP contribution in [0.15, 0.2) is 24.3 Å². The lowest BCUT2D eigenvalue weighted by atomic mass is 9.49. The number of hydrogen-bond acceptors (Lipinski definition) is 2. The predicted molar refractivity (Wildman–Crippen MR) is 85.0 cm³/mol. The SMILES string of the molecule is O=C(OCc1ccc(F)cc1)C12CC3CC(CC(Br)(C3)C1)C2. The maximum atomic E-state index is 12.9. The number of alkyl halides is 1. The summed E-state index contributed by atoms with van der Waals surface area (Å²) < 4.78 is 18.7. The highest BCUT2D eigenvalue weighted by molar-refractivity contribution is 9.10. The minimum absolute atomic E-state index is 0.0465. The molecule has 0 spiro atoms. The molecule has 5 rings (SSSR count). The van der Waals surface area contributed by atoms with Crippen molar-refractivity contribution in [1.82, 2.24) is 0 Å². The first-order valence-corrected chi connectivity index (χ1v) is 8.86. The Kier molecular flexibility index (Phi) is 3.37. The van der Waals surface area contributed by atoms with E-state index in [9.17, 15) is 9.18 Å². The number of rotatable bonds is 3. The normalized spacial score (nSPS) is 39.0. The highest BCUT2D eigenvalue weighted by Crippen LogP contribution is 2.64. The molecule has 0 radical (unpaired) electrons. The van der Waals surface area contributed by atoms with Crippen LogP contribution in [0.4, 0.5) is 4.39 Å². The number of halogens is 2. The minimum atomic E-state index is -0.284. The number of carbonyl (C=O) groups is 1. The van der Waals surface area contributed by atoms with Gasteiger partial charge in [0.05, 0.1) is 5.41 Å². The number of ether oxygens (including phenoxy) is 1. The molecule has 1 aromatic rings. The van der Waals surface area contributed by atoms with Crippen LogP contribution in [-0.2, 0) is 16.1 Å². The summed E-state index contributed by atoms with van der Waals surface area (Å²) in [6.45, 7) is 0.242. The summed E-state index contributed by atoms with van der Waals surface area (Å²) in [4.78, 5) is 12.8. The Balaban J connectivity index is 1.47. The van der Waals surface area contributed by atoms with Crippen LogP contribution in [0.3, 0.4) is 0 Å². The Hall–Kier alpha value is -0.900. The fraction of sp³-hybridized carbons (Fsp3) is 0.611. The summed E-state index contributed by atoms with van der Waals surface area (Å²) in [6.07, 6.45) is 6.57. The topological polar surface area (TPSA) is 26.3 Å². The van der Waals surface area contributed by atoms with Crippen LogP contribution in [0, 0.1) is 23.1 Å². The molecular formula is C18H20BrFO2. The number of carbonyl (C=O) groups excluding carboxylic acids is 1. The van der Waals surface area contributed by atoms with Crippen LogP contribution in [0.1, 0.15) is 44.1 Å². The monoisotopic (exact) mass is 366 g/mol. The van der Waals surface area contributed by atoms with Gasteiger partial charge in [0.1, 0.15) is 12.4 Å². The first-order chi connectivity index (χ1) is 10.5. The van der Waals surface area contributed by atoms with Gasteiger partial charge in [-0.1, -0.05) is 28.1 Å². The third-order valence-electron chi connectivity index (χ3n) is 5.71. The molecule has 2 atom stereocenters. The van der Waals surface area contributed by atoms with Crippen molar-refractivity contribution in [3.05, 3.63) is 35.6 Å². The predicted octanol–water partition coefficient (Wildman–Crippen LogP) is 4.60. The molecule has 0 amide bonds. The second-order valence-electron chi connectivity index (χ2n) is 7.59. The molecule has 22 heavy (non-hydrogen) atoms. The van der Waals surface area contributed by atoms with E-state index >= 15 is 0 Å². The van der Waals surface area contributed by atoms with E-state index in [-0.39, 0.29) is 28.1 Å². The maximum Gasteiger partial charge on any atom is 0.312 e. The van der Waals surface area contributed by atoms with E-state index in [1.54, 1.807) is 12.1 Å². The van der Waals surface area contributed by atoms with E-state index in [4.69, 9.17) is 4.74 Å². The Morgan fingerprint density at radius 1 is 1.18 bits per heavy atom. The van der Waals surface area contributed by atoms with Gasteiger partial charge in [-0.25, -0.2) is 4.39 Å². The highest BCUT2D eigenvalue weighted by atomic mass is 79.9. The number of benzene rings is 1. The van der Waals surface area contributed by atoms with Gasteiger partial charge in [-0.2, -0.15) is 0 Å². The second kappa shape index (κ2) is 5.05. The van der Waals surface area contributed by atoms with E-state index < -0.39 is 0 Å². The van der Waals surface area contributed by atoms with Gasteiger partial charge in [0.2, 0.25) is 0 Å². The fourth-order valence-electron chi connectivity index (χ4n) is 5.27. The Bertz CT molecular complexity index is 584. The summed E-state index contributed by atoms with van der Waals surface area (Å²) in [7, 11) is 0. The summed E-state index contributed by atoms with van der Waals surface area (Å²) in [5.41, 5.74) is 0.557. The van der Waals surface area contributed by atoms with Crippen molar-refractivity contribution in [3.63, 3.8) is 0 Å². The van der Waals surface area contributed by atoms with Gasteiger partial charge in [0.15, 0.2) is 0 Å². The van der Waals surface area contributed by atoms with Gasteiger partial charge in [-0.15, -0.1) is 0 Å². The Morgan fingerprint density at radius 3 is 2.41 bits per heavy atom. The molecule has 4 aliphatic carbocycles. The van der Waals surface area contributed by atoms with E-state index in [1.807, 2.05) is 0 Å². The average Bonchev–Trinajstić information content (AvgIpc) is 2.43. The first-order valence-electron chi connectivity index (χ1n) is 8.07. The standard InChI is InChI=1S/C18H20BrFO2/c19-18-8-13-5-14(9-18)7-17(6-13,11-18)16(21)22-10-12-1-3-15(20)4-2-12/h1-4,13-14H,5-11H2. The van der Waals surface area contributed by atoms with Gasteiger partial charge in [-0.3, -0.25) is 4.79 Å². The minimum Gasteiger partial charge on any atom is -0.460 e. The van der Waals surface area contributed by atoms with Crippen molar-refractivity contribution in [2.75, 3.05) is 0 Å². The van der Waals surface area contributed by atoms with E-state index in [0.29, 0.717) is 11.8 Å². The molecule has 0 aromatic heterocycles. The van der Waals surface area contributed by atoms with Crippen molar-refractivity contribution < 1.29 is 13.9 Å². The van der Waals surface area contributed by atoms with Crippen molar-refractivity contribution >= 4 is 21.9 Å². The van der Waals surface area contributed by atoms with Crippen LogP contribution in [0.2, 0.25) is 0 Å². The summed E-state index contributed by atoms with van der Waals surface area (Å²) >= 11 is 3.92. The van der Waals surface area contributed by atoms with Crippen LogP contribution in [0.25, 0.3) is 0 Å².